The molecule has 1 aliphatic heterocycles. The molecule has 0 radical (unpaired) electrons. The second-order valence-corrected chi connectivity index (χ2v) is 7.92. The van der Waals surface area contributed by atoms with Crippen LogP contribution >= 0.6 is 0 Å². The molecule has 2 aromatic rings. The molecule has 3 rings (SSSR count). The highest BCUT2D eigenvalue weighted by Gasteiger charge is 2.24. The first-order valence-electron chi connectivity index (χ1n) is 7.85. The average Bonchev–Trinajstić information content (AvgIpc) is 2.56. The Kier molecular flexibility index (Phi) is 4.66. The van der Waals surface area contributed by atoms with E-state index in [1.54, 1.807) is 24.3 Å². The van der Waals surface area contributed by atoms with E-state index in [1.165, 1.54) is 18.2 Å². The van der Waals surface area contributed by atoms with E-state index in [2.05, 4.69) is 5.32 Å². The molecule has 0 saturated carbocycles. The van der Waals surface area contributed by atoms with Gasteiger partial charge in [-0.3, -0.25) is 4.79 Å². The molecule has 0 fully saturated rings. The standard InChI is InChI=1S/C18H18FNO3S/c19-16-6-2-1-4-13(16)9-10-20-18(21)15-7-8-17-14(12-15)5-3-11-24(17,22)23/h1-2,4,6-8,12H,3,5,9-11H2,(H,20,21). The van der Waals surface area contributed by atoms with Gasteiger partial charge in [-0.15, -0.1) is 0 Å². The number of fused-ring (bicyclic) bond motifs is 1. The average molecular weight is 347 g/mol. The number of halogens is 1. The van der Waals surface area contributed by atoms with Gasteiger partial charge in [-0.05, 0) is 54.7 Å². The Morgan fingerprint density at radius 1 is 1.17 bits per heavy atom. The summed E-state index contributed by atoms with van der Waals surface area (Å²) in [6.45, 7) is 0.315. The Hall–Kier alpha value is -2.21. The Morgan fingerprint density at radius 2 is 1.96 bits per heavy atom. The van der Waals surface area contributed by atoms with Gasteiger partial charge in [0.2, 0.25) is 0 Å². The summed E-state index contributed by atoms with van der Waals surface area (Å²) in [5.74, 6) is -0.406. The Balaban J connectivity index is 1.67. The summed E-state index contributed by atoms with van der Waals surface area (Å²) in [7, 11) is -3.22. The fraction of sp³-hybridized carbons (Fsp3) is 0.278. The van der Waals surface area contributed by atoms with E-state index in [0.29, 0.717) is 47.4 Å². The third-order valence-corrected chi connectivity index (χ3v) is 6.05. The largest absolute Gasteiger partial charge is 0.352 e. The van der Waals surface area contributed by atoms with Crippen molar-refractivity contribution in [2.75, 3.05) is 12.3 Å². The van der Waals surface area contributed by atoms with Crippen molar-refractivity contribution in [2.45, 2.75) is 24.2 Å². The highest BCUT2D eigenvalue weighted by atomic mass is 32.2. The number of sulfone groups is 1. The first-order valence-corrected chi connectivity index (χ1v) is 9.50. The minimum absolute atomic E-state index is 0.161. The third-order valence-electron chi connectivity index (χ3n) is 4.15. The van der Waals surface area contributed by atoms with E-state index in [9.17, 15) is 17.6 Å². The number of rotatable bonds is 4. The fourth-order valence-electron chi connectivity index (χ4n) is 2.90. The molecule has 6 heteroatoms. The van der Waals surface area contributed by atoms with Gasteiger partial charge in [-0.2, -0.15) is 0 Å². The van der Waals surface area contributed by atoms with Crippen LogP contribution < -0.4 is 5.32 Å². The number of carbonyl (C=O) groups excluding carboxylic acids is 1. The van der Waals surface area contributed by atoms with E-state index < -0.39 is 9.84 Å². The monoisotopic (exact) mass is 347 g/mol. The lowest BCUT2D eigenvalue weighted by molar-refractivity contribution is 0.0954. The van der Waals surface area contributed by atoms with Crippen LogP contribution in [0, 0.1) is 5.82 Å². The first kappa shape index (κ1) is 16.6. The quantitative estimate of drug-likeness (QED) is 0.924. The van der Waals surface area contributed by atoms with Crippen molar-refractivity contribution in [3.05, 3.63) is 65.0 Å². The minimum atomic E-state index is -3.22. The number of hydrogen-bond donors (Lipinski definition) is 1. The van der Waals surface area contributed by atoms with E-state index in [4.69, 9.17) is 0 Å². The van der Waals surface area contributed by atoms with Crippen molar-refractivity contribution in [1.29, 1.82) is 0 Å². The van der Waals surface area contributed by atoms with Crippen molar-refractivity contribution in [3.8, 4) is 0 Å². The number of nitrogens with one attached hydrogen (secondary N) is 1. The van der Waals surface area contributed by atoms with Gasteiger partial charge in [-0.1, -0.05) is 18.2 Å². The molecule has 0 bridgehead atoms. The van der Waals surface area contributed by atoms with E-state index in [1.807, 2.05) is 0 Å². The van der Waals surface area contributed by atoms with Crippen LogP contribution in [0.1, 0.15) is 27.9 Å². The van der Waals surface area contributed by atoms with Crippen molar-refractivity contribution >= 4 is 15.7 Å². The second kappa shape index (κ2) is 6.73. The molecular formula is C18H18FNO3S. The number of aryl methyl sites for hydroxylation is 1. The molecule has 126 valence electrons. The van der Waals surface area contributed by atoms with Gasteiger partial charge in [-0.25, -0.2) is 12.8 Å². The smallest absolute Gasteiger partial charge is 0.251 e. The van der Waals surface area contributed by atoms with E-state index >= 15 is 0 Å². The zero-order chi connectivity index (χ0) is 17.2. The molecular weight excluding hydrogens is 329 g/mol. The van der Waals surface area contributed by atoms with Crippen LogP contribution in [-0.4, -0.2) is 26.6 Å². The molecule has 24 heavy (non-hydrogen) atoms. The van der Waals surface area contributed by atoms with Gasteiger partial charge < -0.3 is 5.32 Å². The molecule has 0 spiro atoms. The summed E-state index contributed by atoms with van der Waals surface area (Å²) in [6, 6.07) is 11.1. The SMILES string of the molecule is O=C(NCCc1ccccc1F)c1ccc2c(c1)CCCS2(=O)=O. The van der Waals surface area contributed by atoms with Crippen LogP contribution in [0.4, 0.5) is 4.39 Å². The molecule has 0 aromatic heterocycles. The van der Waals surface area contributed by atoms with Gasteiger partial charge in [0.1, 0.15) is 5.82 Å². The van der Waals surface area contributed by atoms with Gasteiger partial charge in [0, 0.05) is 12.1 Å². The lowest BCUT2D eigenvalue weighted by Crippen LogP contribution is -2.26. The highest BCUT2D eigenvalue weighted by Crippen LogP contribution is 2.25. The minimum Gasteiger partial charge on any atom is -0.352 e. The number of amides is 1. The predicted molar refractivity (Wildman–Crippen MR) is 89.3 cm³/mol. The topological polar surface area (TPSA) is 63.2 Å². The second-order valence-electron chi connectivity index (χ2n) is 5.84. The molecule has 0 unspecified atom stereocenters. The molecule has 1 amide bonds. The number of carbonyl (C=O) groups is 1. The summed E-state index contributed by atoms with van der Waals surface area (Å²) in [4.78, 5) is 12.5. The first-order chi connectivity index (χ1) is 11.5. The maximum absolute atomic E-state index is 13.5. The fourth-order valence-corrected chi connectivity index (χ4v) is 4.48. The molecule has 0 atom stereocenters. The summed E-state index contributed by atoms with van der Waals surface area (Å²) < 4.78 is 37.5. The maximum atomic E-state index is 13.5. The molecule has 1 aliphatic rings. The van der Waals surface area contributed by atoms with Gasteiger partial charge in [0.25, 0.3) is 5.91 Å². The molecule has 1 N–H and O–H groups in total. The van der Waals surface area contributed by atoms with Crippen LogP contribution in [-0.2, 0) is 22.7 Å². The van der Waals surface area contributed by atoms with Crippen LogP contribution in [0.5, 0.6) is 0 Å². The zero-order valence-corrected chi connectivity index (χ0v) is 13.9. The normalized spacial score (nSPS) is 15.5. The molecule has 4 nitrogen and oxygen atoms in total. The summed E-state index contributed by atoms with van der Waals surface area (Å²) in [6.07, 6.45) is 1.64. The van der Waals surface area contributed by atoms with Crippen LogP contribution in [0.3, 0.4) is 0 Å². The van der Waals surface area contributed by atoms with Crippen molar-refractivity contribution in [3.63, 3.8) is 0 Å². The molecule has 2 aromatic carbocycles. The van der Waals surface area contributed by atoms with Gasteiger partial charge in [0.05, 0.1) is 10.6 Å². The van der Waals surface area contributed by atoms with Crippen LogP contribution in [0.2, 0.25) is 0 Å². The molecule has 1 heterocycles. The Bertz CT molecular complexity index is 878. The van der Waals surface area contributed by atoms with Crippen molar-refractivity contribution in [1.82, 2.24) is 5.32 Å². The summed E-state index contributed by atoms with van der Waals surface area (Å²) in [5, 5.41) is 2.75. The van der Waals surface area contributed by atoms with Crippen molar-refractivity contribution in [2.24, 2.45) is 0 Å². The third kappa shape index (κ3) is 3.48. The van der Waals surface area contributed by atoms with E-state index in [-0.39, 0.29) is 17.5 Å². The maximum Gasteiger partial charge on any atom is 0.251 e. The number of benzene rings is 2. The van der Waals surface area contributed by atoms with Crippen LogP contribution in [0.25, 0.3) is 0 Å². The van der Waals surface area contributed by atoms with Gasteiger partial charge in [0.15, 0.2) is 9.84 Å². The highest BCUT2D eigenvalue weighted by molar-refractivity contribution is 7.91. The zero-order valence-electron chi connectivity index (χ0n) is 13.1. The summed E-state index contributed by atoms with van der Waals surface area (Å²) in [5.41, 5.74) is 1.68. The Morgan fingerprint density at radius 3 is 2.75 bits per heavy atom. The van der Waals surface area contributed by atoms with E-state index in [0.717, 1.165) is 0 Å². The molecule has 0 saturated heterocycles. The summed E-state index contributed by atoms with van der Waals surface area (Å²) >= 11 is 0. The lowest BCUT2D eigenvalue weighted by atomic mass is 10.1. The molecule has 0 aliphatic carbocycles. The van der Waals surface area contributed by atoms with Crippen LogP contribution in [0.15, 0.2) is 47.4 Å². The predicted octanol–water partition coefficient (Wildman–Crippen LogP) is 2.52. The van der Waals surface area contributed by atoms with Crippen molar-refractivity contribution < 1.29 is 17.6 Å². The Labute approximate surface area is 140 Å². The van der Waals surface area contributed by atoms with Gasteiger partial charge >= 0.3 is 0 Å². The lowest BCUT2D eigenvalue weighted by Gasteiger charge is -2.17. The number of hydrogen-bond acceptors (Lipinski definition) is 3.